The predicted molar refractivity (Wildman–Crippen MR) is 104 cm³/mol. The molecule has 0 N–H and O–H groups in total. The summed E-state index contributed by atoms with van der Waals surface area (Å²) in [5, 5.41) is 0. The Balaban J connectivity index is 1.70. The molecular formula is C20H28N2O3S. The standard InChI is InChI=1S/C20H28N2O3S/c1-16-15-18(10-11-19(16)20-9-5-12-21(20)2)26(23,24)22(3)13-4-7-17-8-6-14-25-17/h5,9-12,15,17H,4,6-8,13-14H2,1-3H3. The van der Waals surface area contributed by atoms with E-state index in [1.165, 1.54) is 4.31 Å². The second kappa shape index (κ2) is 7.94. The summed E-state index contributed by atoms with van der Waals surface area (Å²) in [5.74, 6) is 0. The second-order valence-electron chi connectivity index (χ2n) is 7.08. The lowest BCUT2D eigenvalue weighted by molar-refractivity contribution is 0.101. The fourth-order valence-electron chi connectivity index (χ4n) is 3.54. The van der Waals surface area contributed by atoms with Gasteiger partial charge in [-0.15, -0.1) is 0 Å². The lowest BCUT2D eigenvalue weighted by Gasteiger charge is -2.19. The van der Waals surface area contributed by atoms with E-state index in [4.69, 9.17) is 4.74 Å². The molecular weight excluding hydrogens is 348 g/mol. The maximum Gasteiger partial charge on any atom is 0.242 e. The monoisotopic (exact) mass is 376 g/mol. The van der Waals surface area contributed by atoms with Gasteiger partial charge in [-0.05, 0) is 62.4 Å². The molecule has 0 amide bonds. The molecule has 1 atom stereocenters. The summed E-state index contributed by atoms with van der Waals surface area (Å²) in [6.45, 7) is 3.31. The van der Waals surface area contributed by atoms with Gasteiger partial charge in [-0.2, -0.15) is 0 Å². The fraction of sp³-hybridized carbons (Fsp3) is 0.500. The molecule has 5 nitrogen and oxygen atoms in total. The Labute approximate surface area is 156 Å². The van der Waals surface area contributed by atoms with Crippen LogP contribution in [0, 0.1) is 6.92 Å². The summed E-state index contributed by atoms with van der Waals surface area (Å²) in [6, 6.07) is 9.41. The molecule has 1 saturated heterocycles. The number of hydrogen-bond acceptors (Lipinski definition) is 3. The summed E-state index contributed by atoms with van der Waals surface area (Å²) in [7, 11) is 0.178. The lowest BCUT2D eigenvalue weighted by Crippen LogP contribution is -2.28. The number of aromatic nitrogens is 1. The van der Waals surface area contributed by atoms with Gasteiger partial charge in [0.05, 0.1) is 11.0 Å². The average molecular weight is 377 g/mol. The van der Waals surface area contributed by atoms with Crippen LogP contribution in [0.4, 0.5) is 0 Å². The molecule has 0 spiro atoms. The first-order valence-corrected chi connectivity index (χ1v) is 10.6. The van der Waals surface area contributed by atoms with Crippen LogP contribution in [0.2, 0.25) is 0 Å². The van der Waals surface area contributed by atoms with Crippen molar-refractivity contribution < 1.29 is 13.2 Å². The van der Waals surface area contributed by atoms with E-state index in [2.05, 4.69) is 0 Å². The average Bonchev–Trinajstić information content (AvgIpc) is 3.26. The Kier molecular flexibility index (Phi) is 5.85. The lowest BCUT2D eigenvalue weighted by atomic mass is 10.1. The highest BCUT2D eigenvalue weighted by atomic mass is 32.2. The van der Waals surface area contributed by atoms with Crippen LogP contribution in [0.25, 0.3) is 11.3 Å². The van der Waals surface area contributed by atoms with Crippen LogP contribution in [-0.2, 0) is 21.8 Å². The van der Waals surface area contributed by atoms with Gasteiger partial charge in [0.25, 0.3) is 0 Å². The number of benzene rings is 1. The van der Waals surface area contributed by atoms with E-state index in [0.29, 0.717) is 17.5 Å². The van der Waals surface area contributed by atoms with E-state index in [1.807, 2.05) is 42.9 Å². The van der Waals surface area contributed by atoms with Crippen LogP contribution >= 0.6 is 0 Å². The van der Waals surface area contributed by atoms with Gasteiger partial charge < -0.3 is 9.30 Å². The summed E-state index contributed by atoms with van der Waals surface area (Å²) in [6.07, 6.45) is 6.24. The Morgan fingerprint density at radius 3 is 2.73 bits per heavy atom. The SMILES string of the molecule is Cc1cc(S(=O)(=O)N(C)CCCC2CCCO2)ccc1-c1cccn1C. The third-order valence-electron chi connectivity index (χ3n) is 5.15. The minimum Gasteiger partial charge on any atom is -0.378 e. The molecule has 1 aromatic heterocycles. The molecule has 1 aromatic carbocycles. The van der Waals surface area contributed by atoms with E-state index in [1.54, 1.807) is 19.2 Å². The molecule has 26 heavy (non-hydrogen) atoms. The Morgan fingerprint density at radius 1 is 1.31 bits per heavy atom. The molecule has 142 valence electrons. The first kappa shape index (κ1) is 19.1. The molecule has 0 radical (unpaired) electrons. The van der Waals surface area contributed by atoms with E-state index in [0.717, 1.165) is 49.1 Å². The number of nitrogens with zero attached hydrogens (tertiary/aromatic N) is 2. The predicted octanol–water partition coefficient (Wildman–Crippen LogP) is 3.58. The largest absolute Gasteiger partial charge is 0.378 e. The molecule has 1 aliphatic rings. The van der Waals surface area contributed by atoms with Crippen molar-refractivity contribution in [3.05, 3.63) is 42.1 Å². The van der Waals surface area contributed by atoms with Crippen molar-refractivity contribution in [1.29, 1.82) is 0 Å². The number of sulfonamides is 1. The van der Waals surface area contributed by atoms with Crippen molar-refractivity contribution in [2.45, 2.75) is 43.6 Å². The maximum absolute atomic E-state index is 12.9. The number of ether oxygens (including phenoxy) is 1. The van der Waals surface area contributed by atoms with E-state index in [9.17, 15) is 8.42 Å². The molecule has 1 aliphatic heterocycles. The van der Waals surface area contributed by atoms with E-state index in [-0.39, 0.29) is 0 Å². The molecule has 0 aliphatic carbocycles. The molecule has 2 aromatic rings. The highest BCUT2D eigenvalue weighted by molar-refractivity contribution is 7.89. The summed E-state index contributed by atoms with van der Waals surface area (Å²) >= 11 is 0. The first-order chi connectivity index (χ1) is 12.4. The summed E-state index contributed by atoms with van der Waals surface area (Å²) < 4.78 is 34.8. The second-order valence-corrected chi connectivity index (χ2v) is 9.13. The molecule has 0 saturated carbocycles. The Hall–Kier alpha value is -1.63. The number of rotatable bonds is 7. The van der Waals surface area contributed by atoms with E-state index < -0.39 is 10.0 Å². The van der Waals surface area contributed by atoms with Crippen molar-refractivity contribution in [1.82, 2.24) is 8.87 Å². The van der Waals surface area contributed by atoms with Crippen LogP contribution in [0.15, 0.2) is 41.4 Å². The molecule has 2 heterocycles. The zero-order chi connectivity index (χ0) is 18.7. The molecule has 1 unspecified atom stereocenters. The van der Waals surface area contributed by atoms with Gasteiger partial charge in [0.15, 0.2) is 0 Å². The Bertz CT molecular complexity index is 852. The normalized spacial score (nSPS) is 17.9. The number of aryl methyl sites for hydroxylation is 2. The van der Waals surface area contributed by atoms with Crippen LogP contribution in [0.1, 0.15) is 31.2 Å². The highest BCUT2D eigenvalue weighted by Crippen LogP contribution is 2.27. The molecule has 1 fully saturated rings. The van der Waals surface area contributed by atoms with Crippen LogP contribution in [0.3, 0.4) is 0 Å². The maximum atomic E-state index is 12.9. The van der Waals surface area contributed by atoms with Gasteiger partial charge in [0.1, 0.15) is 0 Å². The van der Waals surface area contributed by atoms with Crippen molar-refractivity contribution in [2.75, 3.05) is 20.2 Å². The smallest absolute Gasteiger partial charge is 0.242 e. The van der Waals surface area contributed by atoms with Crippen LogP contribution in [0.5, 0.6) is 0 Å². The van der Waals surface area contributed by atoms with Gasteiger partial charge in [0, 0.05) is 44.7 Å². The summed E-state index contributed by atoms with van der Waals surface area (Å²) in [5.41, 5.74) is 3.09. The van der Waals surface area contributed by atoms with Gasteiger partial charge in [-0.3, -0.25) is 0 Å². The molecule has 3 rings (SSSR count). The van der Waals surface area contributed by atoms with Gasteiger partial charge in [0.2, 0.25) is 10.0 Å². The summed E-state index contributed by atoms with van der Waals surface area (Å²) in [4.78, 5) is 0.354. The van der Waals surface area contributed by atoms with Crippen molar-refractivity contribution in [3.8, 4) is 11.3 Å². The molecule has 6 heteroatoms. The third kappa shape index (κ3) is 4.03. The van der Waals surface area contributed by atoms with Gasteiger partial charge >= 0.3 is 0 Å². The van der Waals surface area contributed by atoms with Crippen LogP contribution < -0.4 is 0 Å². The van der Waals surface area contributed by atoms with Crippen molar-refractivity contribution in [3.63, 3.8) is 0 Å². The molecule has 0 bridgehead atoms. The quantitative estimate of drug-likeness (QED) is 0.742. The van der Waals surface area contributed by atoms with E-state index >= 15 is 0 Å². The third-order valence-corrected chi connectivity index (χ3v) is 7.00. The van der Waals surface area contributed by atoms with Crippen molar-refractivity contribution in [2.24, 2.45) is 7.05 Å². The Morgan fingerprint density at radius 2 is 2.12 bits per heavy atom. The minimum absolute atomic E-state index is 0.304. The zero-order valence-electron chi connectivity index (χ0n) is 15.8. The zero-order valence-corrected chi connectivity index (χ0v) is 16.6. The first-order valence-electron chi connectivity index (χ1n) is 9.20. The minimum atomic E-state index is -3.47. The number of hydrogen-bond donors (Lipinski definition) is 0. The topological polar surface area (TPSA) is 51.5 Å². The van der Waals surface area contributed by atoms with Gasteiger partial charge in [-0.25, -0.2) is 12.7 Å². The highest BCUT2D eigenvalue weighted by Gasteiger charge is 2.22. The van der Waals surface area contributed by atoms with Crippen LogP contribution in [-0.4, -0.2) is 43.6 Å². The van der Waals surface area contributed by atoms with Crippen molar-refractivity contribution >= 4 is 10.0 Å². The fourth-order valence-corrected chi connectivity index (χ4v) is 4.83. The van der Waals surface area contributed by atoms with Gasteiger partial charge in [-0.1, -0.05) is 6.07 Å².